The Bertz CT molecular complexity index is 852. The van der Waals surface area contributed by atoms with Gasteiger partial charge < -0.3 is 19.8 Å². The summed E-state index contributed by atoms with van der Waals surface area (Å²) in [5.74, 6) is 0.269. The van der Waals surface area contributed by atoms with E-state index in [2.05, 4.69) is 61.9 Å². The van der Waals surface area contributed by atoms with Crippen molar-refractivity contribution < 1.29 is 24.5 Å². The molecule has 1 aliphatic rings. The van der Waals surface area contributed by atoms with Crippen molar-refractivity contribution in [2.75, 3.05) is 24.7 Å². The third kappa shape index (κ3) is 14.9. The minimum atomic E-state index is -0.685. The molecule has 1 saturated heterocycles. The second-order valence-electron chi connectivity index (χ2n) is 9.33. The van der Waals surface area contributed by atoms with Crippen molar-refractivity contribution in [1.82, 2.24) is 0 Å². The van der Waals surface area contributed by atoms with Crippen molar-refractivity contribution in [2.45, 2.75) is 97.5 Å². The van der Waals surface area contributed by atoms with E-state index in [-0.39, 0.29) is 12.5 Å². The summed E-state index contributed by atoms with van der Waals surface area (Å²) in [5, 5.41) is 17.1. The lowest BCUT2D eigenvalue weighted by atomic mass is 10.1. The Morgan fingerprint density at radius 2 is 1.78 bits per heavy atom. The third-order valence-electron chi connectivity index (χ3n) is 6.01. The SMILES string of the molecule is CCCCCCc1ccc(N2CCCC2=O)cc1.CCCc1ccc(C)s1.O=COCCCC(O)CO. The van der Waals surface area contributed by atoms with E-state index in [1.807, 2.05) is 16.2 Å². The number of benzene rings is 1. The number of aliphatic hydroxyl groups excluding tert-OH is 2. The molecule has 3 rings (SSSR count). The first kappa shape index (κ1) is 32.8. The predicted octanol–water partition coefficient (Wildman–Crippen LogP) is 6.24. The van der Waals surface area contributed by atoms with Gasteiger partial charge in [0, 0.05) is 28.4 Å². The Morgan fingerprint density at radius 1 is 1.03 bits per heavy atom. The van der Waals surface area contributed by atoms with E-state index in [0.717, 1.165) is 25.1 Å². The van der Waals surface area contributed by atoms with Crippen LogP contribution in [-0.2, 0) is 27.2 Å². The highest BCUT2D eigenvalue weighted by molar-refractivity contribution is 7.11. The lowest BCUT2D eigenvalue weighted by Gasteiger charge is -2.15. The summed E-state index contributed by atoms with van der Waals surface area (Å²) in [4.78, 5) is 26.1. The molecule has 2 aromatic rings. The second-order valence-corrected chi connectivity index (χ2v) is 10.7. The highest BCUT2D eigenvalue weighted by atomic mass is 32.1. The molecule has 1 aliphatic heterocycles. The van der Waals surface area contributed by atoms with Crippen molar-refractivity contribution in [1.29, 1.82) is 0 Å². The van der Waals surface area contributed by atoms with Gasteiger partial charge in [0.1, 0.15) is 0 Å². The molecule has 37 heavy (non-hydrogen) atoms. The topological polar surface area (TPSA) is 87.1 Å². The number of hydrogen-bond donors (Lipinski definition) is 2. The van der Waals surface area contributed by atoms with Crippen LogP contribution in [0.1, 0.15) is 87.0 Å². The van der Waals surface area contributed by atoms with Gasteiger partial charge >= 0.3 is 0 Å². The summed E-state index contributed by atoms with van der Waals surface area (Å²) in [5.41, 5.74) is 2.45. The minimum Gasteiger partial charge on any atom is -0.468 e. The minimum absolute atomic E-state index is 0.235. The number of hydrogen-bond acceptors (Lipinski definition) is 6. The summed E-state index contributed by atoms with van der Waals surface area (Å²) in [6.07, 6.45) is 11.0. The summed E-state index contributed by atoms with van der Waals surface area (Å²) < 4.78 is 4.36. The van der Waals surface area contributed by atoms with Crippen LogP contribution in [0.2, 0.25) is 0 Å². The normalized spacial score (nSPS) is 13.3. The van der Waals surface area contributed by atoms with Gasteiger partial charge in [-0.25, -0.2) is 0 Å². The third-order valence-corrected chi connectivity index (χ3v) is 7.07. The Morgan fingerprint density at radius 3 is 2.32 bits per heavy atom. The quantitative estimate of drug-likeness (QED) is 0.222. The smallest absolute Gasteiger partial charge is 0.293 e. The molecule has 1 unspecified atom stereocenters. The molecule has 0 bridgehead atoms. The van der Waals surface area contributed by atoms with Crippen LogP contribution in [0, 0.1) is 6.92 Å². The molecular weight excluding hydrogens is 486 g/mol. The van der Waals surface area contributed by atoms with Crippen molar-refractivity contribution in [3.05, 3.63) is 51.7 Å². The molecule has 2 heterocycles. The van der Waals surface area contributed by atoms with Gasteiger partial charge in [-0.15, -0.1) is 11.3 Å². The maximum atomic E-state index is 11.6. The number of thiophene rings is 1. The summed E-state index contributed by atoms with van der Waals surface area (Å²) in [7, 11) is 0. The van der Waals surface area contributed by atoms with E-state index in [9.17, 15) is 9.59 Å². The van der Waals surface area contributed by atoms with Gasteiger partial charge in [-0.05, 0) is 75.3 Å². The number of aryl methyl sites for hydroxylation is 3. The largest absolute Gasteiger partial charge is 0.468 e. The molecule has 208 valence electrons. The molecule has 6 nitrogen and oxygen atoms in total. The van der Waals surface area contributed by atoms with Crippen LogP contribution in [0.5, 0.6) is 0 Å². The van der Waals surface area contributed by atoms with Gasteiger partial charge in [-0.1, -0.05) is 51.7 Å². The van der Waals surface area contributed by atoms with Crippen molar-refractivity contribution in [3.8, 4) is 0 Å². The molecule has 0 aliphatic carbocycles. The van der Waals surface area contributed by atoms with E-state index >= 15 is 0 Å². The first-order valence-corrected chi connectivity index (χ1v) is 14.6. The number of rotatable bonds is 14. The zero-order valence-electron chi connectivity index (χ0n) is 23.0. The highest BCUT2D eigenvalue weighted by Gasteiger charge is 2.21. The molecular formula is C30H47NO5S. The molecule has 1 amide bonds. The standard InChI is InChI=1S/C16H23NO.C8H12S.C6H12O4/c1-2-3-4-5-7-14-9-11-15(12-10-14)17-13-6-8-16(17)18;1-3-4-8-6-5-7(2)9-8;7-4-6(9)2-1-3-10-5-8/h9-12H,2-8,13H2,1H3;5-6H,3-4H2,1-2H3;5-7,9H,1-4H2. The number of nitrogens with zero attached hydrogens (tertiary/aromatic N) is 1. The van der Waals surface area contributed by atoms with Gasteiger partial charge in [0.2, 0.25) is 5.91 Å². The number of carbonyl (C=O) groups is 2. The maximum Gasteiger partial charge on any atom is 0.293 e. The van der Waals surface area contributed by atoms with Crippen LogP contribution in [0.4, 0.5) is 5.69 Å². The van der Waals surface area contributed by atoms with Gasteiger partial charge in [0.25, 0.3) is 6.47 Å². The Kier molecular flexibility index (Phi) is 18.4. The molecule has 0 saturated carbocycles. The molecule has 1 fully saturated rings. The lowest BCUT2D eigenvalue weighted by Crippen LogP contribution is -2.23. The predicted molar refractivity (Wildman–Crippen MR) is 153 cm³/mol. The van der Waals surface area contributed by atoms with Crippen LogP contribution < -0.4 is 4.90 Å². The van der Waals surface area contributed by atoms with Crippen LogP contribution in [-0.4, -0.2) is 48.5 Å². The Balaban J connectivity index is 0.000000306. The first-order chi connectivity index (χ1) is 17.9. The number of amides is 1. The van der Waals surface area contributed by atoms with Gasteiger partial charge in [-0.3, -0.25) is 9.59 Å². The average Bonchev–Trinajstić information content (AvgIpc) is 3.53. The number of ether oxygens (including phenoxy) is 1. The molecule has 0 radical (unpaired) electrons. The Labute approximate surface area is 227 Å². The molecule has 1 aromatic carbocycles. The second kappa shape index (κ2) is 20.8. The average molecular weight is 534 g/mol. The number of aliphatic hydroxyl groups is 2. The van der Waals surface area contributed by atoms with Gasteiger partial charge in [0.05, 0.1) is 19.3 Å². The van der Waals surface area contributed by atoms with Crippen LogP contribution in [0.15, 0.2) is 36.4 Å². The summed E-state index contributed by atoms with van der Waals surface area (Å²) in [6, 6.07) is 13.0. The van der Waals surface area contributed by atoms with E-state index in [1.165, 1.54) is 53.8 Å². The highest BCUT2D eigenvalue weighted by Crippen LogP contribution is 2.22. The maximum absolute atomic E-state index is 11.6. The Hall–Kier alpha value is -2.22. The zero-order chi connectivity index (χ0) is 27.3. The van der Waals surface area contributed by atoms with E-state index in [1.54, 1.807) is 0 Å². The van der Waals surface area contributed by atoms with Crippen molar-refractivity contribution in [3.63, 3.8) is 0 Å². The van der Waals surface area contributed by atoms with E-state index in [0.29, 0.717) is 32.3 Å². The zero-order valence-corrected chi connectivity index (χ0v) is 23.8. The van der Waals surface area contributed by atoms with Gasteiger partial charge in [-0.2, -0.15) is 0 Å². The summed E-state index contributed by atoms with van der Waals surface area (Å²) >= 11 is 1.91. The lowest BCUT2D eigenvalue weighted by molar-refractivity contribution is -0.129. The van der Waals surface area contributed by atoms with E-state index < -0.39 is 6.10 Å². The summed E-state index contributed by atoms with van der Waals surface area (Å²) in [6.45, 7) is 7.93. The monoisotopic (exact) mass is 533 g/mol. The fourth-order valence-electron chi connectivity index (χ4n) is 3.93. The van der Waals surface area contributed by atoms with Crippen molar-refractivity contribution >= 4 is 29.4 Å². The molecule has 7 heteroatoms. The van der Waals surface area contributed by atoms with Crippen molar-refractivity contribution in [2.24, 2.45) is 0 Å². The fourth-order valence-corrected chi connectivity index (χ4v) is 4.92. The fraction of sp³-hybridized carbons (Fsp3) is 0.600. The molecule has 2 N–H and O–H groups in total. The van der Waals surface area contributed by atoms with Crippen LogP contribution in [0.3, 0.4) is 0 Å². The van der Waals surface area contributed by atoms with Gasteiger partial charge in [0.15, 0.2) is 0 Å². The molecule has 1 atom stereocenters. The number of carbonyl (C=O) groups excluding carboxylic acids is 2. The van der Waals surface area contributed by atoms with Crippen LogP contribution in [0.25, 0.3) is 0 Å². The number of anilines is 1. The number of unbranched alkanes of at least 4 members (excludes halogenated alkanes) is 3. The molecule has 0 spiro atoms. The first-order valence-electron chi connectivity index (χ1n) is 13.7. The van der Waals surface area contributed by atoms with E-state index in [4.69, 9.17) is 10.2 Å². The molecule has 1 aromatic heterocycles. The van der Waals surface area contributed by atoms with Crippen LogP contribution >= 0.6 is 11.3 Å².